The number of nitrogens with one attached hydrogen (secondary N) is 1. The van der Waals surface area contributed by atoms with Gasteiger partial charge >= 0.3 is 0 Å². The van der Waals surface area contributed by atoms with E-state index in [1.165, 1.54) is 61.9 Å². The highest BCUT2D eigenvalue weighted by Gasteiger charge is 2.27. The van der Waals surface area contributed by atoms with Gasteiger partial charge in [0, 0.05) is 25.0 Å². The zero-order valence-electron chi connectivity index (χ0n) is 18.6. The number of nitrogens with zero attached hydrogens (tertiary/aromatic N) is 3. The van der Waals surface area contributed by atoms with Gasteiger partial charge in [-0.1, -0.05) is 19.1 Å². The van der Waals surface area contributed by atoms with E-state index in [9.17, 15) is 14.0 Å². The number of amides is 2. The first kappa shape index (κ1) is 22.9. The molecule has 32 heavy (non-hydrogen) atoms. The van der Waals surface area contributed by atoms with Crippen molar-refractivity contribution in [2.45, 2.75) is 39.0 Å². The Balaban J connectivity index is 1.28. The van der Waals surface area contributed by atoms with E-state index in [4.69, 9.17) is 0 Å². The van der Waals surface area contributed by atoms with Crippen LogP contribution in [0.2, 0.25) is 0 Å². The molecule has 2 aliphatic rings. The van der Waals surface area contributed by atoms with Crippen LogP contribution in [0.15, 0.2) is 29.6 Å². The summed E-state index contributed by atoms with van der Waals surface area (Å²) < 4.78 is 13.8. The number of carbonyl (C=O) groups excluding carboxylic acids is 2. The molecule has 0 spiro atoms. The Hall–Kier alpha value is -2.32. The molecule has 2 saturated heterocycles. The van der Waals surface area contributed by atoms with E-state index >= 15 is 0 Å². The Bertz CT molecular complexity index is 942. The van der Waals surface area contributed by atoms with Crippen LogP contribution in [0.4, 0.5) is 9.52 Å². The molecule has 2 aromatic rings. The first-order valence-electron chi connectivity index (χ1n) is 11.5. The Morgan fingerprint density at radius 3 is 2.75 bits per heavy atom. The van der Waals surface area contributed by atoms with E-state index in [0.717, 1.165) is 32.0 Å². The minimum Gasteiger partial charge on any atom is -0.342 e. The van der Waals surface area contributed by atoms with E-state index in [1.807, 2.05) is 4.90 Å². The van der Waals surface area contributed by atoms with Crippen molar-refractivity contribution in [2.24, 2.45) is 11.8 Å². The van der Waals surface area contributed by atoms with Crippen LogP contribution in [-0.2, 0) is 11.2 Å². The number of likely N-dealkylation sites (tertiary alicyclic amines) is 2. The number of benzene rings is 1. The van der Waals surface area contributed by atoms with Gasteiger partial charge in [-0.3, -0.25) is 14.9 Å². The molecule has 3 heterocycles. The third-order valence-corrected chi connectivity index (χ3v) is 7.29. The Morgan fingerprint density at radius 2 is 1.97 bits per heavy atom. The first-order valence-corrected chi connectivity index (χ1v) is 12.4. The minimum atomic E-state index is -0.573. The molecule has 2 aliphatic heterocycles. The van der Waals surface area contributed by atoms with Gasteiger partial charge < -0.3 is 9.80 Å². The lowest BCUT2D eigenvalue weighted by Gasteiger charge is -2.37. The summed E-state index contributed by atoms with van der Waals surface area (Å²) in [6, 6.07) is 5.83. The zero-order valence-corrected chi connectivity index (χ0v) is 19.4. The van der Waals surface area contributed by atoms with Crippen molar-refractivity contribution in [1.29, 1.82) is 0 Å². The van der Waals surface area contributed by atoms with Gasteiger partial charge in [-0.05, 0) is 62.7 Å². The largest absolute Gasteiger partial charge is 0.342 e. The van der Waals surface area contributed by atoms with Crippen LogP contribution in [0.3, 0.4) is 0 Å². The second-order valence-electron chi connectivity index (χ2n) is 9.09. The van der Waals surface area contributed by atoms with E-state index in [0.29, 0.717) is 16.7 Å². The number of aromatic nitrogens is 1. The molecule has 1 N–H and O–H groups in total. The molecule has 1 aromatic heterocycles. The quantitative estimate of drug-likeness (QED) is 0.709. The lowest BCUT2D eigenvalue weighted by molar-refractivity contribution is -0.132. The van der Waals surface area contributed by atoms with Crippen molar-refractivity contribution in [3.05, 3.63) is 46.7 Å². The Morgan fingerprint density at radius 1 is 1.19 bits per heavy atom. The van der Waals surface area contributed by atoms with Crippen molar-refractivity contribution in [2.75, 3.05) is 38.0 Å². The third-order valence-electron chi connectivity index (χ3n) is 6.49. The molecular formula is C24H31FN4O2S. The molecule has 1 atom stereocenters. The van der Waals surface area contributed by atoms with Crippen LogP contribution in [0.5, 0.6) is 0 Å². The smallest absolute Gasteiger partial charge is 0.260 e. The van der Waals surface area contributed by atoms with Gasteiger partial charge in [0.05, 0.1) is 17.7 Å². The Labute approximate surface area is 192 Å². The van der Waals surface area contributed by atoms with Crippen molar-refractivity contribution in [3.8, 4) is 0 Å². The van der Waals surface area contributed by atoms with E-state index in [-0.39, 0.29) is 17.9 Å². The van der Waals surface area contributed by atoms with Crippen LogP contribution in [0.25, 0.3) is 0 Å². The number of piperidine rings is 2. The summed E-state index contributed by atoms with van der Waals surface area (Å²) in [7, 11) is 0. The molecular weight excluding hydrogens is 427 g/mol. The molecule has 172 valence electrons. The molecule has 2 fully saturated rings. The number of carbonyl (C=O) groups is 2. The molecule has 1 aromatic carbocycles. The van der Waals surface area contributed by atoms with Crippen molar-refractivity contribution in [3.63, 3.8) is 0 Å². The summed E-state index contributed by atoms with van der Waals surface area (Å²) in [6.07, 6.45) is 4.99. The molecule has 0 saturated carbocycles. The number of halogens is 1. The maximum atomic E-state index is 13.8. The maximum Gasteiger partial charge on any atom is 0.260 e. The van der Waals surface area contributed by atoms with Gasteiger partial charge in [0.15, 0.2) is 5.13 Å². The molecule has 2 amide bonds. The summed E-state index contributed by atoms with van der Waals surface area (Å²) in [5.74, 6) is 0.332. The molecule has 0 radical (unpaired) electrons. The average molecular weight is 459 g/mol. The number of thiazole rings is 1. The normalized spacial score (nSPS) is 20.3. The monoisotopic (exact) mass is 458 g/mol. The molecule has 6 nitrogen and oxygen atoms in total. The fourth-order valence-corrected chi connectivity index (χ4v) is 5.28. The topological polar surface area (TPSA) is 65.5 Å². The number of rotatable bonds is 6. The van der Waals surface area contributed by atoms with Gasteiger partial charge in [0.25, 0.3) is 5.91 Å². The standard InChI is InChI=1S/C24H31FN4O2S/c1-17-8-11-28(12-9-17)14-18-5-4-10-29(15-18)22(30)13-19-16-32-24(26-19)27-23(31)20-6-2-3-7-21(20)25/h2-3,6-7,16-18H,4-5,8-15H2,1H3,(H,26,27,31). The summed E-state index contributed by atoms with van der Waals surface area (Å²) in [6.45, 7) is 7.37. The van der Waals surface area contributed by atoms with E-state index in [2.05, 4.69) is 22.1 Å². The van der Waals surface area contributed by atoms with Gasteiger partial charge in [-0.25, -0.2) is 9.37 Å². The predicted octanol–water partition coefficient (Wildman–Crippen LogP) is 4.05. The average Bonchev–Trinajstić information content (AvgIpc) is 3.22. The number of hydrogen-bond acceptors (Lipinski definition) is 5. The molecule has 4 rings (SSSR count). The van der Waals surface area contributed by atoms with E-state index in [1.54, 1.807) is 11.4 Å². The maximum absolute atomic E-state index is 13.8. The van der Waals surface area contributed by atoms with Crippen LogP contribution >= 0.6 is 11.3 Å². The van der Waals surface area contributed by atoms with Gasteiger partial charge in [0.2, 0.25) is 5.91 Å². The SMILES string of the molecule is CC1CCN(CC2CCCN(C(=O)Cc3csc(NC(=O)c4ccccc4F)n3)C2)CC1. The second kappa shape index (κ2) is 10.5. The Kier molecular flexibility index (Phi) is 7.52. The number of hydrogen-bond donors (Lipinski definition) is 1. The van der Waals surface area contributed by atoms with Crippen molar-refractivity contribution < 1.29 is 14.0 Å². The fraction of sp³-hybridized carbons (Fsp3) is 0.542. The molecule has 0 aliphatic carbocycles. The molecule has 1 unspecified atom stereocenters. The lowest BCUT2D eigenvalue weighted by Crippen LogP contribution is -2.45. The highest BCUT2D eigenvalue weighted by molar-refractivity contribution is 7.14. The summed E-state index contributed by atoms with van der Waals surface area (Å²) >= 11 is 1.25. The van der Waals surface area contributed by atoms with Crippen LogP contribution in [0.1, 0.15) is 48.7 Å². The summed E-state index contributed by atoms with van der Waals surface area (Å²) in [5.41, 5.74) is 0.610. The van der Waals surface area contributed by atoms with Gasteiger partial charge in [-0.2, -0.15) is 0 Å². The number of anilines is 1. The first-order chi connectivity index (χ1) is 15.5. The van der Waals surface area contributed by atoms with Crippen LogP contribution in [-0.4, -0.2) is 59.3 Å². The van der Waals surface area contributed by atoms with E-state index < -0.39 is 11.7 Å². The third kappa shape index (κ3) is 5.92. The summed E-state index contributed by atoms with van der Waals surface area (Å²) in [4.78, 5) is 34.1. The van der Waals surface area contributed by atoms with Crippen LogP contribution < -0.4 is 5.32 Å². The van der Waals surface area contributed by atoms with Crippen molar-refractivity contribution >= 4 is 28.3 Å². The lowest BCUT2D eigenvalue weighted by atomic mass is 9.94. The highest BCUT2D eigenvalue weighted by Crippen LogP contribution is 2.23. The molecule has 0 bridgehead atoms. The molecule has 8 heteroatoms. The predicted molar refractivity (Wildman–Crippen MR) is 124 cm³/mol. The highest BCUT2D eigenvalue weighted by atomic mass is 32.1. The minimum absolute atomic E-state index is 0.0251. The zero-order chi connectivity index (χ0) is 22.5. The van der Waals surface area contributed by atoms with Crippen LogP contribution in [0, 0.1) is 17.7 Å². The van der Waals surface area contributed by atoms with Gasteiger partial charge in [-0.15, -0.1) is 11.3 Å². The van der Waals surface area contributed by atoms with Crippen molar-refractivity contribution in [1.82, 2.24) is 14.8 Å². The summed E-state index contributed by atoms with van der Waals surface area (Å²) in [5, 5.41) is 4.78. The second-order valence-corrected chi connectivity index (χ2v) is 9.94. The van der Waals surface area contributed by atoms with Gasteiger partial charge in [0.1, 0.15) is 5.82 Å². The fourth-order valence-electron chi connectivity index (χ4n) is 4.57.